The van der Waals surface area contributed by atoms with E-state index in [0.29, 0.717) is 0 Å². The summed E-state index contributed by atoms with van der Waals surface area (Å²) in [5.41, 5.74) is -0.106. The number of hydrogen-bond donors (Lipinski definition) is 2. The zero-order valence-electron chi connectivity index (χ0n) is 9.06. The summed E-state index contributed by atoms with van der Waals surface area (Å²) in [5.74, 6) is -1.78. The van der Waals surface area contributed by atoms with Crippen LogP contribution in [0.5, 0.6) is 0 Å². The third-order valence-electron chi connectivity index (χ3n) is 2.26. The molecule has 1 rings (SSSR count). The highest BCUT2D eigenvalue weighted by Crippen LogP contribution is 2.21. The molecular weight excluding hydrogens is 251 g/mol. The summed E-state index contributed by atoms with van der Waals surface area (Å²) in [6, 6.07) is 3.41. The first kappa shape index (κ1) is 13.9. The molecule has 0 aliphatic rings. The maximum Gasteiger partial charge on any atom is 0.340 e. The SMILES string of the molecule is COC(=O)c1cc(C(O)C(O)CCl)ccc1F. The molecule has 0 aliphatic carbocycles. The number of benzene rings is 1. The number of halogens is 2. The van der Waals surface area contributed by atoms with Crippen molar-refractivity contribution in [2.24, 2.45) is 0 Å². The lowest BCUT2D eigenvalue weighted by molar-refractivity contribution is 0.0325. The van der Waals surface area contributed by atoms with Crippen LogP contribution in [0.4, 0.5) is 4.39 Å². The average molecular weight is 263 g/mol. The zero-order valence-corrected chi connectivity index (χ0v) is 9.82. The minimum absolute atomic E-state index is 0.175. The predicted molar refractivity (Wildman–Crippen MR) is 59.4 cm³/mol. The number of hydrogen-bond acceptors (Lipinski definition) is 4. The molecule has 0 bridgehead atoms. The van der Waals surface area contributed by atoms with Crippen molar-refractivity contribution in [2.75, 3.05) is 13.0 Å². The van der Waals surface area contributed by atoms with E-state index >= 15 is 0 Å². The summed E-state index contributed by atoms with van der Waals surface area (Å²) in [7, 11) is 1.12. The molecule has 1 aromatic rings. The Hall–Kier alpha value is -1.17. The summed E-state index contributed by atoms with van der Waals surface area (Å²) in [5, 5.41) is 19.0. The van der Waals surface area contributed by atoms with E-state index in [9.17, 15) is 19.4 Å². The predicted octanol–water partition coefficient (Wildman–Crippen LogP) is 1.25. The number of esters is 1. The smallest absolute Gasteiger partial charge is 0.340 e. The van der Waals surface area contributed by atoms with Crippen molar-refractivity contribution in [3.8, 4) is 0 Å². The van der Waals surface area contributed by atoms with Crippen LogP contribution in [0.2, 0.25) is 0 Å². The van der Waals surface area contributed by atoms with Crippen molar-refractivity contribution >= 4 is 17.6 Å². The molecule has 2 atom stereocenters. The number of rotatable bonds is 4. The highest BCUT2D eigenvalue weighted by Gasteiger charge is 2.20. The van der Waals surface area contributed by atoms with Crippen molar-refractivity contribution in [3.63, 3.8) is 0 Å². The normalized spacial score (nSPS) is 14.2. The fourth-order valence-electron chi connectivity index (χ4n) is 1.30. The average Bonchev–Trinajstić information content (AvgIpc) is 2.36. The summed E-state index contributed by atoms with van der Waals surface area (Å²) in [6.45, 7) is 0. The Labute approximate surface area is 103 Å². The largest absolute Gasteiger partial charge is 0.465 e. The Morgan fingerprint density at radius 3 is 2.71 bits per heavy atom. The molecule has 2 unspecified atom stereocenters. The van der Waals surface area contributed by atoms with Gasteiger partial charge in [-0.1, -0.05) is 6.07 Å². The van der Waals surface area contributed by atoms with Crippen molar-refractivity contribution in [3.05, 3.63) is 35.1 Å². The standard InChI is InChI=1S/C11H12ClFO4/c1-17-11(16)7-4-6(2-3-8(7)13)10(15)9(14)5-12/h2-4,9-10,14-15H,5H2,1H3. The summed E-state index contributed by atoms with van der Waals surface area (Å²) in [6.07, 6.45) is -2.47. The van der Waals surface area contributed by atoms with Gasteiger partial charge in [0, 0.05) is 0 Å². The first-order valence-corrected chi connectivity index (χ1v) is 5.34. The fourth-order valence-corrected chi connectivity index (χ4v) is 1.47. The van der Waals surface area contributed by atoms with Crippen molar-refractivity contribution < 1.29 is 24.1 Å². The topological polar surface area (TPSA) is 66.8 Å². The molecular formula is C11H12ClFO4. The Morgan fingerprint density at radius 1 is 1.53 bits per heavy atom. The molecule has 94 valence electrons. The molecule has 4 nitrogen and oxygen atoms in total. The van der Waals surface area contributed by atoms with Crippen LogP contribution >= 0.6 is 11.6 Å². The van der Waals surface area contributed by atoms with Gasteiger partial charge in [0.15, 0.2) is 0 Å². The van der Waals surface area contributed by atoms with Crippen LogP contribution in [0.1, 0.15) is 22.0 Å². The first-order chi connectivity index (χ1) is 8.01. The zero-order chi connectivity index (χ0) is 13.0. The van der Waals surface area contributed by atoms with E-state index in [-0.39, 0.29) is 17.0 Å². The lowest BCUT2D eigenvalue weighted by Crippen LogP contribution is -2.20. The molecule has 0 radical (unpaired) electrons. The Balaban J connectivity index is 3.08. The highest BCUT2D eigenvalue weighted by molar-refractivity contribution is 6.18. The van der Waals surface area contributed by atoms with Crippen LogP contribution in [-0.2, 0) is 4.74 Å². The molecule has 0 heterocycles. The van der Waals surface area contributed by atoms with Crippen LogP contribution in [0.3, 0.4) is 0 Å². The third-order valence-corrected chi connectivity index (χ3v) is 2.58. The van der Waals surface area contributed by atoms with Gasteiger partial charge in [0.2, 0.25) is 0 Å². The fraction of sp³-hybridized carbons (Fsp3) is 0.364. The molecule has 0 saturated carbocycles. The van der Waals surface area contributed by atoms with Gasteiger partial charge in [-0.15, -0.1) is 11.6 Å². The number of aliphatic hydroxyl groups is 2. The van der Waals surface area contributed by atoms with Crippen LogP contribution in [-0.4, -0.2) is 35.3 Å². The molecule has 6 heteroatoms. The number of aliphatic hydroxyl groups excluding tert-OH is 2. The monoisotopic (exact) mass is 262 g/mol. The van der Waals surface area contributed by atoms with Gasteiger partial charge in [0.25, 0.3) is 0 Å². The molecule has 2 N–H and O–H groups in total. The molecule has 0 spiro atoms. The molecule has 0 fully saturated rings. The van der Waals surface area contributed by atoms with Gasteiger partial charge in [-0.05, 0) is 17.7 Å². The second-order valence-electron chi connectivity index (χ2n) is 3.40. The van der Waals surface area contributed by atoms with Gasteiger partial charge in [-0.3, -0.25) is 0 Å². The maximum atomic E-state index is 13.3. The van der Waals surface area contributed by atoms with Crippen LogP contribution in [0.25, 0.3) is 0 Å². The Kier molecular flexibility index (Phi) is 4.86. The van der Waals surface area contributed by atoms with Gasteiger partial charge in [0.05, 0.1) is 24.7 Å². The third kappa shape index (κ3) is 3.15. The Morgan fingerprint density at radius 2 is 2.18 bits per heavy atom. The van der Waals surface area contributed by atoms with Crippen molar-refractivity contribution in [1.82, 2.24) is 0 Å². The van der Waals surface area contributed by atoms with E-state index in [4.69, 9.17) is 11.6 Å². The van der Waals surface area contributed by atoms with Crippen molar-refractivity contribution in [2.45, 2.75) is 12.2 Å². The van der Waals surface area contributed by atoms with Gasteiger partial charge in [0.1, 0.15) is 11.9 Å². The summed E-state index contributed by atoms with van der Waals surface area (Å²) >= 11 is 5.38. The maximum absolute atomic E-state index is 13.3. The van der Waals surface area contributed by atoms with E-state index in [1.165, 1.54) is 6.07 Å². The van der Waals surface area contributed by atoms with Gasteiger partial charge >= 0.3 is 5.97 Å². The van der Waals surface area contributed by atoms with E-state index in [1.54, 1.807) is 0 Å². The minimum Gasteiger partial charge on any atom is -0.465 e. The van der Waals surface area contributed by atoms with E-state index in [0.717, 1.165) is 19.2 Å². The molecule has 0 aromatic heterocycles. The van der Waals surface area contributed by atoms with Crippen LogP contribution < -0.4 is 0 Å². The minimum atomic E-state index is -1.28. The lowest BCUT2D eigenvalue weighted by Gasteiger charge is -2.16. The summed E-state index contributed by atoms with van der Waals surface area (Å²) in [4.78, 5) is 11.2. The number of carbonyl (C=O) groups excluding carboxylic acids is 1. The van der Waals surface area contributed by atoms with Gasteiger partial charge in [-0.2, -0.15) is 0 Å². The summed E-state index contributed by atoms with van der Waals surface area (Å²) < 4.78 is 17.7. The highest BCUT2D eigenvalue weighted by atomic mass is 35.5. The number of carbonyl (C=O) groups is 1. The van der Waals surface area contributed by atoms with E-state index < -0.39 is 24.0 Å². The molecule has 17 heavy (non-hydrogen) atoms. The van der Waals surface area contributed by atoms with E-state index in [1.807, 2.05) is 0 Å². The first-order valence-electron chi connectivity index (χ1n) is 4.81. The van der Waals surface area contributed by atoms with Gasteiger partial charge < -0.3 is 14.9 Å². The van der Waals surface area contributed by atoms with E-state index in [2.05, 4.69) is 4.74 Å². The van der Waals surface area contributed by atoms with Crippen molar-refractivity contribution in [1.29, 1.82) is 0 Å². The lowest BCUT2D eigenvalue weighted by atomic mass is 10.0. The second-order valence-corrected chi connectivity index (χ2v) is 3.71. The molecule has 1 aromatic carbocycles. The number of methoxy groups -OCH3 is 1. The quantitative estimate of drug-likeness (QED) is 0.633. The molecule has 0 saturated heterocycles. The molecule has 0 aliphatic heterocycles. The molecule has 0 amide bonds. The second kappa shape index (κ2) is 5.95. The number of alkyl halides is 1. The van der Waals surface area contributed by atoms with Crippen LogP contribution in [0.15, 0.2) is 18.2 Å². The van der Waals surface area contributed by atoms with Gasteiger partial charge in [-0.25, -0.2) is 9.18 Å². The number of ether oxygens (including phenoxy) is 1. The Bertz CT molecular complexity index is 410. The van der Waals surface area contributed by atoms with Crippen LogP contribution in [0, 0.1) is 5.82 Å².